The van der Waals surface area contributed by atoms with Crippen LogP contribution in [0.15, 0.2) is 18.2 Å². The first-order valence-electron chi connectivity index (χ1n) is 7.58. The highest BCUT2D eigenvalue weighted by atomic mass is 16.5. The summed E-state index contributed by atoms with van der Waals surface area (Å²) in [5.41, 5.74) is 0.841. The van der Waals surface area contributed by atoms with E-state index in [9.17, 15) is 4.79 Å². The van der Waals surface area contributed by atoms with Crippen molar-refractivity contribution in [2.45, 2.75) is 53.0 Å². The molecule has 1 rings (SSSR count). The molecule has 0 fully saturated rings. The molecule has 0 heterocycles. The van der Waals surface area contributed by atoms with Gasteiger partial charge in [0.25, 0.3) is 0 Å². The Bertz CT molecular complexity index is 516. The molecule has 4 heteroatoms. The largest absolute Gasteiger partial charge is 0.493 e. The first-order valence-corrected chi connectivity index (χ1v) is 7.58. The number of ether oxygens (including phenoxy) is 2. The van der Waals surface area contributed by atoms with Crippen LogP contribution in [-0.4, -0.2) is 25.7 Å². The van der Waals surface area contributed by atoms with E-state index in [4.69, 9.17) is 9.47 Å². The lowest BCUT2D eigenvalue weighted by Gasteiger charge is -2.33. The number of carbonyl (C=O) groups is 1. The molecule has 0 unspecified atom stereocenters. The summed E-state index contributed by atoms with van der Waals surface area (Å²) >= 11 is 0. The molecule has 4 nitrogen and oxygen atoms in total. The summed E-state index contributed by atoms with van der Waals surface area (Å²) in [7, 11) is 3.19. The zero-order valence-corrected chi connectivity index (χ0v) is 14.9. The molecule has 0 aliphatic heterocycles. The van der Waals surface area contributed by atoms with Gasteiger partial charge in [0.2, 0.25) is 5.91 Å². The first kappa shape index (κ1) is 18.3. The van der Waals surface area contributed by atoms with Crippen LogP contribution in [0.1, 0.15) is 46.6 Å². The van der Waals surface area contributed by atoms with E-state index in [2.05, 4.69) is 39.9 Å². The van der Waals surface area contributed by atoms with Crippen molar-refractivity contribution in [1.82, 2.24) is 5.32 Å². The van der Waals surface area contributed by atoms with Gasteiger partial charge in [0.05, 0.1) is 20.6 Å². The van der Waals surface area contributed by atoms with E-state index in [1.165, 1.54) is 0 Å². The average molecular weight is 307 g/mol. The highest BCUT2D eigenvalue weighted by Gasteiger charge is 2.26. The van der Waals surface area contributed by atoms with Gasteiger partial charge >= 0.3 is 0 Å². The van der Waals surface area contributed by atoms with Gasteiger partial charge in [-0.05, 0) is 43.4 Å². The van der Waals surface area contributed by atoms with Crippen LogP contribution < -0.4 is 14.8 Å². The molecule has 0 aliphatic carbocycles. The maximum absolute atomic E-state index is 12.3. The van der Waals surface area contributed by atoms with Crippen molar-refractivity contribution in [2.24, 2.45) is 5.41 Å². The van der Waals surface area contributed by atoms with Crippen LogP contribution in [-0.2, 0) is 11.2 Å². The first-order chi connectivity index (χ1) is 10.1. The molecule has 0 saturated carbocycles. The summed E-state index contributed by atoms with van der Waals surface area (Å²) in [6.45, 7) is 10.6. The minimum Gasteiger partial charge on any atom is -0.493 e. The van der Waals surface area contributed by atoms with E-state index >= 15 is 0 Å². The Labute approximate surface area is 134 Å². The van der Waals surface area contributed by atoms with Crippen LogP contribution in [0, 0.1) is 5.41 Å². The topological polar surface area (TPSA) is 47.6 Å². The molecule has 22 heavy (non-hydrogen) atoms. The molecule has 1 amide bonds. The third-order valence-corrected chi connectivity index (χ3v) is 3.26. The monoisotopic (exact) mass is 307 g/mol. The smallest absolute Gasteiger partial charge is 0.224 e. The predicted molar refractivity (Wildman–Crippen MR) is 89.5 cm³/mol. The van der Waals surface area contributed by atoms with Crippen LogP contribution in [0.5, 0.6) is 11.5 Å². The number of hydrogen-bond donors (Lipinski definition) is 1. The van der Waals surface area contributed by atoms with Crippen LogP contribution in [0.25, 0.3) is 0 Å². The predicted octanol–water partition coefficient (Wildman–Crippen LogP) is 3.58. The van der Waals surface area contributed by atoms with Crippen molar-refractivity contribution in [2.75, 3.05) is 14.2 Å². The van der Waals surface area contributed by atoms with Crippen molar-refractivity contribution in [1.29, 1.82) is 0 Å². The number of benzene rings is 1. The number of hydrogen-bond acceptors (Lipinski definition) is 3. The lowest BCUT2D eigenvalue weighted by Crippen LogP contribution is -2.46. The van der Waals surface area contributed by atoms with Crippen LogP contribution in [0.2, 0.25) is 0 Å². The molecule has 0 saturated heterocycles. The van der Waals surface area contributed by atoms with Crippen LogP contribution >= 0.6 is 0 Å². The zero-order chi connectivity index (χ0) is 17.0. The van der Waals surface area contributed by atoms with Crippen LogP contribution in [0.3, 0.4) is 0 Å². The molecular formula is C18H29NO3. The van der Waals surface area contributed by atoms with E-state index in [1.54, 1.807) is 14.2 Å². The Hall–Kier alpha value is -1.71. The number of nitrogens with one attached hydrogen (secondary N) is 1. The molecule has 1 aromatic carbocycles. The quantitative estimate of drug-likeness (QED) is 0.874. The minimum atomic E-state index is -0.230. The summed E-state index contributed by atoms with van der Waals surface area (Å²) in [6, 6.07) is 5.55. The van der Waals surface area contributed by atoms with Gasteiger partial charge in [-0.2, -0.15) is 0 Å². The van der Waals surface area contributed by atoms with Crippen molar-refractivity contribution in [3.8, 4) is 11.5 Å². The SMILES string of the molecule is COc1ccc(CC(=O)NC(C)(C)CC(C)(C)C)cc1OC. The van der Waals surface area contributed by atoms with Crippen molar-refractivity contribution in [3.63, 3.8) is 0 Å². The fourth-order valence-electron chi connectivity index (χ4n) is 2.97. The van der Waals surface area contributed by atoms with E-state index < -0.39 is 0 Å². The van der Waals surface area contributed by atoms with Crippen molar-refractivity contribution < 1.29 is 14.3 Å². The molecule has 0 aromatic heterocycles. The number of carbonyl (C=O) groups excluding carboxylic acids is 1. The molecule has 0 atom stereocenters. The molecule has 0 aliphatic rings. The Kier molecular flexibility index (Phi) is 5.86. The van der Waals surface area contributed by atoms with Crippen molar-refractivity contribution >= 4 is 5.91 Å². The molecular weight excluding hydrogens is 278 g/mol. The average Bonchev–Trinajstić information content (AvgIpc) is 2.34. The van der Waals surface area contributed by atoms with Gasteiger partial charge < -0.3 is 14.8 Å². The fourth-order valence-corrected chi connectivity index (χ4v) is 2.97. The standard InChI is InChI=1S/C18H29NO3/c1-17(2,3)12-18(4,5)19-16(20)11-13-8-9-14(21-6)15(10-13)22-7/h8-10H,11-12H2,1-7H3,(H,19,20). The second-order valence-corrected chi connectivity index (χ2v) is 7.54. The summed E-state index contributed by atoms with van der Waals surface area (Å²) in [4.78, 5) is 12.3. The summed E-state index contributed by atoms with van der Waals surface area (Å²) < 4.78 is 10.5. The number of methoxy groups -OCH3 is 2. The lowest BCUT2D eigenvalue weighted by atomic mass is 9.81. The third kappa shape index (κ3) is 5.96. The number of rotatable bonds is 6. The Morgan fingerprint density at radius 2 is 1.64 bits per heavy atom. The summed E-state index contributed by atoms with van der Waals surface area (Å²) in [5.74, 6) is 1.32. The Morgan fingerprint density at radius 1 is 1.05 bits per heavy atom. The van der Waals surface area contributed by atoms with Gasteiger partial charge in [-0.25, -0.2) is 0 Å². The van der Waals surface area contributed by atoms with E-state index in [0.29, 0.717) is 17.9 Å². The van der Waals surface area contributed by atoms with Gasteiger partial charge in [0.15, 0.2) is 11.5 Å². The molecule has 0 radical (unpaired) electrons. The third-order valence-electron chi connectivity index (χ3n) is 3.26. The molecule has 124 valence electrons. The summed E-state index contributed by atoms with van der Waals surface area (Å²) in [5, 5.41) is 3.12. The van der Waals surface area contributed by atoms with Gasteiger partial charge in [0, 0.05) is 5.54 Å². The lowest BCUT2D eigenvalue weighted by molar-refractivity contribution is -0.122. The maximum atomic E-state index is 12.3. The van der Waals surface area contributed by atoms with E-state index in [0.717, 1.165) is 12.0 Å². The van der Waals surface area contributed by atoms with E-state index in [1.807, 2.05) is 18.2 Å². The van der Waals surface area contributed by atoms with Gasteiger partial charge in [-0.15, -0.1) is 0 Å². The Balaban J connectivity index is 2.73. The Morgan fingerprint density at radius 3 is 2.14 bits per heavy atom. The second-order valence-electron chi connectivity index (χ2n) is 7.54. The second kappa shape index (κ2) is 7.03. The fraction of sp³-hybridized carbons (Fsp3) is 0.611. The molecule has 0 spiro atoms. The maximum Gasteiger partial charge on any atom is 0.224 e. The number of amides is 1. The highest BCUT2D eigenvalue weighted by Crippen LogP contribution is 2.29. The van der Waals surface area contributed by atoms with Gasteiger partial charge in [0.1, 0.15) is 0 Å². The van der Waals surface area contributed by atoms with Crippen molar-refractivity contribution in [3.05, 3.63) is 23.8 Å². The molecule has 1 N–H and O–H groups in total. The minimum absolute atomic E-state index is 0.0152. The normalized spacial score (nSPS) is 12.0. The van der Waals surface area contributed by atoms with E-state index in [-0.39, 0.29) is 16.9 Å². The zero-order valence-electron chi connectivity index (χ0n) is 14.9. The molecule has 0 bridgehead atoms. The highest BCUT2D eigenvalue weighted by molar-refractivity contribution is 5.79. The van der Waals surface area contributed by atoms with Gasteiger partial charge in [-0.1, -0.05) is 26.8 Å². The molecule has 1 aromatic rings. The van der Waals surface area contributed by atoms with Crippen LogP contribution in [0.4, 0.5) is 0 Å². The van der Waals surface area contributed by atoms with Gasteiger partial charge in [-0.3, -0.25) is 4.79 Å². The summed E-state index contributed by atoms with van der Waals surface area (Å²) in [6.07, 6.45) is 1.24.